The molecule has 2 aromatic heterocycles. The molecule has 2 aromatic carbocycles. The number of β-amino-alcohol motifs (C(OH)–C–C–N with tert-alkyl or cyclic N) is 1. The molecule has 12 heteroatoms. The number of hydrogen-bond acceptors (Lipinski definition) is 9. The molecule has 0 amide bonds. The molecule has 2 aliphatic rings. The van der Waals surface area contributed by atoms with Crippen molar-refractivity contribution in [1.29, 1.82) is 0 Å². The molecule has 1 unspecified atom stereocenters. The number of fused-ring (bicyclic) bond motifs is 2. The van der Waals surface area contributed by atoms with E-state index in [1.54, 1.807) is 6.92 Å². The summed E-state index contributed by atoms with van der Waals surface area (Å²) in [7, 11) is 0. The van der Waals surface area contributed by atoms with E-state index >= 15 is 4.39 Å². The predicted molar refractivity (Wildman–Crippen MR) is 155 cm³/mol. The van der Waals surface area contributed by atoms with Crippen LogP contribution in [-0.4, -0.2) is 75.3 Å². The normalized spacial score (nSPS) is 18.3. The molecule has 0 aliphatic carbocycles. The predicted octanol–water partition coefficient (Wildman–Crippen LogP) is 4.34. The van der Waals surface area contributed by atoms with Crippen molar-refractivity contribution >= 4 is 34.0 Å². The van der Waals surface area contributed by atoms with Gasteiger partial charge >= 0.3 is 6.01 Å². The Bertz CT molecular complexity index is 1720. The van der Waals surface area contributed by atoms with Crippen LogP contribution < -0.4 is 9.64 Å². The number of hydrogen-bond donors (Lipinski definition) is 3. The number of carboxylic acid groups (broad SMARTS) is 1. The first-order valence-corrected chi connectivity index (χ1v) is 13.8. The van der Waals surface area contributed by atoms with Gasteiger partial charge in [-0.2, -0.15) is 9.97 Å². The third-order valence-corrected chi connectivity index (χ3v) is 7.50. The number of rotatable bonds is 5. The number of aliphatic hydroxyl groups is 1. The Balaban J connectivity index is 0.00000118. The molecule has 4 aromatic rings. The Morgan fingerprint density at radius 1 is 1.19 bits per heavy atom. The lowest BCUT2D eigenvalue weighted by atomic mass is 9.95. The third kappa shape index (κ3) is 6.00. The second kappa shape index (κ2) is 12.7. The summed E-state index contributed by atoms with van der Waals surface area (Å²) in [5.74, 6) is 1.19. The number of piperidine rings is 1. The van der Waals surface area contributed by atoms with Crippen LogP contribution in [-0.2, 0) is 9.53 Å². The Hall–Kier alpha value is -4.60. The fourth-order valence-electron chi connectivity index (χ4n) is 5.62. The van der Waals surface area contributed by atoms with E-state index in [9.17, 15) is 14.6 Å². The van der Waals surface area contributed by atoms with Crippen molar-refractivity contribution in [2.24, 2.45) is 0 Å². The van der Waals surface area contributed by atoms with Gasteiger partial charge in [0.15, 0.2) is 5.82 Å². The Morgan fingerprint density at radius 2 is 1.98 bits per heavy atom. The first-order chi connectivity index (χ1) is 20.7. The fraction of sp³-hybridized carbons (Fsp3) is 0.355. The highest BCUT2D eigenvalue weighted by Crippen LogP contribution is 2.40. The van der Waals surface area contributed by atoms with Gasteiger partial charge in [0.1, 0.15) is 35.2 Å². The summed E-state index contributed by atoms with van der Waals surface area (Å²) in [5.41, 5.74) is 0.326. The summed E-state index contributed by atoms with van der Waals surface area (Å²) in [4.78, 5) is 23.9. The number of aromatic hydroxyl groups is 1. The van der Waals surface area contributed by atoms with Gasteiger partial charge in [-0.1, -0.05) is 12.0 Å². The molecule has 0 radical (unpaired) electrons. The topological polar surface area (TPSA) is 138 Å². The number of anilines is 1. The summed E-state index contributed by atoms with van der Waals surface area (Å²) < 4.78 is 42.8. The molecule has 10 nitrogen and oxygen atoms in total. The molecule has 0 saturated carbocycles. The summed E-state index contributed by atoms with van der Waals surface area (Å²) in [5, 5.41) is 28.8. The van der Waals surface area contributed by atoms with Crippen LogP contribution in [0.4, 0.5) is 14.6 Å². The zero-order valence-corrected chi connectivity index (χ0v) is 23.4. The van der Waals surface area contributed by atoms with E-state index in [2.05, 4.69) is 20.9 Å². The number of pyridine rings is 1. The number of terminal acetylenes is 1. The molecule has 4 heterocycles. The van der Waals surface area contributed by atoms with E-state index in [-0.39, 0.29) is 58.7 Å². The zero-order valence-electron chi connectivity index (χ0n) is 23.4. The van der Waals surface area contributed by atoms with Crippen LogP contribution in [0.1, 0.15) is 36.9 Å². The standard InChI is InChI=1S/C30H28F2N4O4.CH2O2/c1-3-21-23(31)9-8-17-12-19(38)13-22(25(17)21)27-26(32)28-24(16(2)33-27)29(36-10-4-6-18(37)14-36)35-30(34-28)40-15-20-7-5-11-39-20;2-1-3/h1,8-9,12-13,18,20,37-38H,4-7,10-11,14-15H2,2H3;1H,(H,2,3)/t18?,20-;/m1./s1. The largest absolute Gasteiger partial charge is 0.508 e. The maximum atomic E-state index is 16.5. The number of benzene rings is 2. The van der Waals surface area contributed by atoms with Gasteiger partial charge in [-0.05, 0) is 56.2 Å². The van der Waals surface area contributed by atoms with Gasteiger partial charge in [-0.25, -0.2) is 13.8 Å². The van der Waals surface area contributed by atoms with Crippen LogP contribution >= 0.6 is 0 Å². The molecule has 6 rings (SSSR count). The van der Waals surface area contributed by atoms with Crippen LogP contribution in [0.15, 0.2) is 24.3 Å². The Morgan fingerprint density at radius 3 is 2.67 bits per heavy atom. The number of phenols is 1. The molecule has 0 spiro atoms. The van der Waals surface area contributed by atoms with Crippen molar-refractivity contribution < 1.29 is 38.4 Å². The molecule has 2 fully saturated rings. The van der Waals surface area contributed by atoms with Crippen molar-refractivity contribution in [2.45, 2.75) is 44.8 Å². The number of aromatic nitrogens is 3. The quantitative estimate of drug-likeness (QED) is 0.227. The SMILES string of the molecule is C#Cc1c(F)ccc2cc(O)cc(-c3nc(C)c4c(N5CCCC(O)C5)nc(OC[C@H]5CCCO5)nc4c3F)c12.O=CO. The molecule has 2 atom stereocenters. The summed E-state index contributed by atoms with van der Waals surface area (Å²) in [6.45, 7) is 3.26. The first-order valence-electron chi connectivity index (χ1n) is 13.8. The van der Waals surface area contributed by atoms with Crippen LogP contribution in [0.25, 0.3) is 32.9 Å². The van der Waals surface area contributed by atoms with E-state index in [1.165, 1.54) is 24.3 Å². The minimum atomic E-state index is -0.789. The van der Waals surface area contributed by atoms with Crippen molar-refractivity contribution in [2.75, 3.05) is 31.2 Å². The van der Waals surface area contributed by atoms with Crippen LogP contribution in [0, 0.1) is 30.9 Å². The number of phenolic OH excluding ortho intramolecular Hbond substituents is 1. The maximum Gasteiger partial charge on any atom is 0.319 e. The van der Waals surface area contributed by atoms with E-state index in [0.717, 1.165) is 19.3 Å². The lowest BCUT2D eigenvalue weighted by Crippen LogP contribution is -2.39. The van der Waals surface area contributed by atoms with Crippen LogP contribution in [0.3, 0.4) is 0 Å². The average Bonchev–Trinajstić information content (AvgIpc) is 3.51. The highest BCUT2D eigenvalue weighted by Gasteiger charge is 2.28. The summed E-state index contributed by atoms with van der Waals surface area (Å²) in [6.07, 6.45) is 8.17. The van der Waals surface area contributed by atoms with E-state index in [0.29, 0.717) is 48.4 Å². The number of aliphatic hydroxyl groups excluding tert-OH is 1. The number of aryl methyl sites for hydroxylation is 1. The third-order valence-electron chi connectivity index (χ3n) is 7.50. The number of carbonyl (C=O) groups is 1. The average molecular weight is 593 g/mol. The molecular formula is C31H30F2N4O6. The monoisotopic (exact) mass is 592 g/mol. The lowest BCUT2D eigenvalue weighted by molar-refractivity contribution is -0.122. The fourth-order valence-corrected chi connectivity index (χ4v) is 5.62. The maximum absolute atomic E-state index is 16.5. The van der Waals surface area contributed by atoms with Gasteiger partial charge in [0.25, 0.3) is 6.47 Å². The Kier molecular flexibility index (Phi) is 8.84. The van der Waals surface area contributed by atoms with E-state index in [1.807, 2.05) is 4.90 Å². The van der Waals surface area contributed by atoms with Gasteiger partial charge in [-0.3, -0.25) is 4.79 Å². The zero-order chi connectivity index (χ0) is 30.7. The molecular weight excluding hydrogens is 562 g/mol. The molecule has 224 valence electrons. The lowest BCUT2D eigenvalue weighted by Gasteiger charge is -2.32. The Labute approximate surface area is 245 Å². The molecule has 0 bridgehead atoms. The second-order valence-electron chi connectivity index (χ2n) is 10.4. The first kappa shape index (κ1) is 29.9. The van der Waals surface area contributed by atoms with E-state index in [4.69, 9.17) is 25.8 Å². The van der Waals surface area contributed by atoms with Crippen molar-refractivity contribution in [3.05, 3.63) is 47.2 Å². The second-order valence-corrected chi connectivity index (χ2v) is 10.4. The van der Waals surface area contributed by atoms with Crippen LogP contribution in [0.2, 0.25) is 0 Å². The number of nitrogens with zero attached hydrogens (tertiary/aromatic N) is 4. The van der Waals surface area contributed by atoms with Crippen molar-refractivity contribution in [1.82, 2.24) is 15.0 Å². The minimum absolute atomic E-state index is 0.0235. The van der Waals surface area contributed by atoms with Gasteiger partial charge in [0.2, 0.25) is 0 Å². The molecule has 3 N–H and O–H groups in total. The van der Waals surface area contributed by atoms with Gasteiger partial charge < -0.3 is 29.7 Å². The smallest absolute Gasteiger partial charge is 0.319 e. The minimum Gasteiger partial charge on any atom is -0.508 e. The van der Waals surface area contributed by atoms with Crippen LogP contribution in [0.5, 0.6) is 11.8 Å². The summed E-state index contributed by atoms with van der Waals surface area (Å²) in [6, 6.07) is 5.41. The van der Waals surface area contributed by atoms with Crippen molar-refractivity contribution in [3.63, 3.8) is 0 Å². The van der Waals surface area contributed by atoms with Crippen molar-refractivity contribution in [3.8, 4) is 35.4 Å². The van der Waals surface area contributed by atoms with E-state index < -0.39 is 17.7 Å². The number of ether oxygens (including phenoxy) is 2. The summed E-state index contributed by atoms with van der Waals surface area (Å²) >= 11 is 0. The van der Waals surface area contributed by atoms with Gasteiger partial charge in [0.05, 0.1) is 28.9 Å². The van der Waals surface area contributed by atoms with Gasteiger partial charge in [0, 0.05) is 30.6 Å². The number of halogens is 2. The van der Waals surface area contributed by atoms with Gasteiger partial charge in [-0.15, -0.1) is 6.42 Å². The highest BCUT2D eigenvalue weighted by molar-refractivity contribution is 6.03. The molecule has 2 saturated heterocycles. The molecule has 2 aliphatic heterocycles. The molecule has 43 heavy (non-hydrogen) atoms. The highest BCUT2D eigenvalue weighted by atomic mass is 19.1.